The van der Waals surface area contributed by atoms with Crippen molar-refractivity contribution in [1.29, 1.82) is 0 Å². The van der Waals surface area contributed by atoms with Gasteiger partial charge in [0.2, 0.25) is 0 Å². The van der Waals surface area contributed by atoms with Crippen LogP contribution in [0, 0.1) is 0 Å². The van der Waals surface area contributed by atoms with E-state index in [9.17, 15) is 0 Å². The summed E-state index contributed by atoms with van der Waals surface area (Å²) in [4.78, 5) is 2.64. The Morgan fingerprint density at radius 1 is 1.46 bits per heavy atom. The maximum absolute atomic E-state index is 3.49. The second-order valence-electron chi connectivity index (χ2n) is 4.09. The Morgan fingerprint density at radius 3 is 2.69 bits per heavy atom. The lowest BCUT2D eigenvalue weighted by Gasteiger charge is -2.37. The summed E-state index contributed by atoms with van der Waals surface area (Å²) in [7, 11) is 0. The van der Waals surface area contributed by atoms with Gasteiger partial charge in [-0.25, -0.2) is 0 Å². The first kappa shape index (κ1) is 11.0. The van der Waals surface area contributed by atoms with Crippen LogP contribution >= 0.6 is 0 Å². The van der Waals surface area contributed by atoms with Crippen LogP contribution in [0.2, 0.25) is 0 Å². The molecule has 0 amide bonds. The van der Waals surface area contributed by atoms with Gasteiger partial charge >= 0.3 is 0 Å². The predicted molar refractivity (Wildman–Crippen MR) is 58.0 cm³/mol. The zero-order valence-corrected chi connectivity index (χ0v) is 9.34. The molecule has 1 N–H and O–H groups in total. The minimum Gasteiger partial charge on any atom is -0.315 e. The van der Waals surface area contributed by atoms with E-state index in [-0.39, 0.29) is 0 Å². The van der Waals surface area contributed by atoms with Crippen molar-refractivity contribution in [2.24, 2.45) is 0 Å². The Labute approximate surface area is 82.7 Å². The molecule has 0 radical (unpaired) electrons. The quantitative estimate of drug-likeness (QED) is 0.717. The molecule has 0 bridgehead atoms. The van der Waals surface area contributed by atoms with Gasteiger partial charge in [-0.3, -0.25) is 4.90 Å². The van der Waals surface area contributed by atoms with E-state index in [1.807, 2.05) is 0 Å². The molecule has 0 aliphatic carbocycles. The number of likely N-dealkylation sites (N-methyl/N-ethyl adjacent to an activating group) is 1. The monoisotopic (exact) mass is 184 g/mol. The lowest BCUT2D eigenvalue weighted by molar-refractivity contribution is 0.125. The highest BCUT2D eigenvalue weighted by molar-refractivity contribution is 4.80. The van der Waals surface area contributed by atoms with Gasteiger partial charge in [0.05, 0.1) is 0 Å². The molecule has 0 aromatic heterocycles. The van der Waals surface area contributed by atoms with Crippen LogP contribution in [0.25, 0.3) is 0 Å². The van der Waals surface area contributed by atoms with E-state index in [4.69, 9.17) is 0 Å². The first-order valence-corrected chi connectivity index (χ1v) is 5.76. The standard InChI is InChI=1S/C11H24N2/c1-4-10(3)13(5-2)11-7-6-8-12-9-11/h10-12H,4-9H2,1-3H3. The van der Waals surface area contributed by atoms with Crippen LogP contribution in [-0.2, 0) is 0 Å². The SMILES string of the molecule is CCC(C)N(CC)C1CCCNC1. The normalized spacial score (nSPS) is 26.3. The molecule has 1 aliphatic rings. The van der Waals surface area contributed by atoms with E-state index in [0.29, 0.717) is 0 Å². The molecule has 1 rings (SSSR count). The highest BCUT2D eigenvalue weighted by atomic mass is 15.2. The maximum atomic E-state index is 3.49. The Bertz CT molecular complexity index is 130. The summed E-state index contributed by atoms with van der Waals surface area (Å²) in [5.41, 5.74) is 0. The molecular weight excluding hydrogens is 160 g/mol. The van der Waals surface area contributed by atoms with Crippen LogP contribution in [0.4, 0.5) is 0 Å². The van der Waals surface area contributed by atoms with E-state index in [1.54, 1.807) is 0 Å². The number of nitrogens with zero attached hydrogens (tertiary/aromatic N) is 1. The fourth-order valence-corrected chi connectivity index (χ4v) is 2.28. The van der Waals surface area contributed by atoms with Crippen molar-refractivity contribution in [2.75, 3.05) is 19.6 Å². The molecule has 13 heavy (non-hydrogen) atoms. The van der Waals surface area contributed by atoms with Crippen molar-refractivity contribution < 1.29 is 0 Å². The molecule has 2 nitrogen and oxygen atoms in total. The molecule has 0 aromatic rings. The highest BCUT2D eigenvalue weighted by Crippen LogP contribution is 2.14. The third kappa shape index (κ3) is 2.96. The minimum atomic E-state index is 0.745. The molecule has 78 valence electrons. The van der Waals surface area contributed by atoms with Crippen molar-refractivity contribution in [1.82, 2.24) is 10.2 Å². The number of piperidine rings is 1. The molecule has 0 aromatic carbocycles. The van der Waals surface area contributed by atoms with Crippen LogP contribution < -0.4 is 5.32 Å². The van der Waals surface area contributed by atoms with Gasteiger partial charge in [0.25, 0.3) is 0 Å². The van der Waals surface area contributed by atoms with Gasteiger partial charge in [-0.05, 0) is 39.3 Å². The summed E-state index contributed by atoms with van der Waals surface area (Å²) in [6, 6.07) is 1.53. The molecule has 2 atom stereocenters. The summed E-state index contributed by atoms with van der Waals surface area (Å²) >= 11 is 0. The minimum absolute atomic E-state index is 0.745. The number of hydrogen-bond donors (Lipinski definition) is 1. The van der Waals surface area contributed by atoms with Gasteiger partial charge in [0.15, 0.2) is 0 Å². The van der Waals surface area contributed by atoms with Crippen molar-refractivity contribution in [3.63, 3.8) is 0 Å². The van der Waals surface area contributed by atoms with E-state index in [2.05, 4.69) is 31.0 Å². The molecule has 0 saturated carbocycles. The van der Waals surface area contributed by atoms with Gasteiger partial charge in [-0.2, -0.15) is 0 Å². The summed E-state index contributed by atoms with van der Waals surface area (Å²) in [5, 5.41) is 3.49. The molecule has 1 fully saturated rings. The first-order chi connectivity index (χ1) is 6.29. The topological polar surface area (TPSA) is 15.3 Å². The molecule has 2 unspecified atom stereocenters. The lowest BCUT2D eigenvalue weighted by atomic mass is 10.0. The maximum Gasteiger partial charge on any atom is 0.0223 e. The van der Waals surface area contributed by atoms with E-state index in [1.165, 1.54) is 38.9 Å². The second kappa shape index (κ2) is 5.61. The van der Waals surface area contributed by atoms with Crippen molar-refractivity contribution in [3.8, 4) is 0 Å². The largest absolute Gasteiger partial charge is 0.315 e. The Morgan fingerprint density at radius 2 is 2.23 bits per heavy atom. The Hall–Kier alpha value is -0.0800. The fraction of sp³-hybridized carbons (Fsp3) is 1.00. The van der Waals surface area contributed by atoms with E-state index in [0.717, 1.165) is 12.1 Å². The van der Waals surface area contributed by atoms with Crippen LogP contribution in [0.15, 0.2) is 0 Å². The summed E-state index contributed by atoms with van der Waals surface area (Å²) in [6.07, 6.45) is 3.99. The van der Waals surface area contributed by atoms with Crippen LogP contribution in [-0.4, -0.2) is 36.6 Å². The average Bonchev–Trinajstić information content (AvgIpc) is 2.20. The smallest absolute Gasteiger partial charge is 0.0223 e. The molecule has 1 saturated heterocycles. The predicted octanol–water partition coefficient (Wildman–Crippen LogP) is 1.86. The Kier molecular flexibility index (Phi) is 4.74. The molecule has 1 aliphatic heterocycles. The summed E-state index contributed by atoms with van der Waals surface area (Å²) < 4.78 is 0. The summed E-state index contributed by atoms with van der Waals surface area (Å²) in [5.74, 6) is 0. The van der Waals surface area contributed by atoms with Gasteiger partial charge < -0.3 is 5.32 Å². The Balaban J connectivity index is 2.43. The fourth-order valence-electron chi connectivity index (χ4n) is 2.28. The van der Waals surface area contributed by atoms with Crippen molar-refractivity contribution in [2.45, 2.75) is 52.1 Å². The van der Waals surface area contributed by atoms with Gasteiger partial charge in [-0.15, -0.1) is 0 Å². The third-order valence-corrected chi connectivity index (χ3v) is 3.26. The van der Waals surface area contributed by atoms with E-state index < -0.39 is 0 Å². The lowest BCUT2D eigenvalue weighted by Crippen LogP contribution is -2.49. The van der Waals surface area contributed by atoms with Crippen LogP contribution in [0.3, 0.4) is 0 Å². The second-order valence-corrected chi connectivity index (χ2v) is 4.09. The van der Waals surface area contributed by atoms with Crippen LogP contribution in [0.1, 0.15) is 40.0 Å². The van der Waals surface area contributed by atoms with Crippen LogP contribution in [0.5, 0.6) is 0 Å². The zero-order valence-electron chi connectivity index (χ0n) is 9.34. The van der Waals surface area contributed by atoms with Crippen molar-refractivity contribution >= 4 is 0 Å². The number of nitrogens with one attached hydrogen (secondary N) is 1. The van der Waals surface area contributed by atoms with Crippen molar-refractivity contribution in [3.05, 3.63) is 0 Å². The first-order valence-electron chi connectivity index (χ1n) is 5.76. The molecule has 2 heteroatoms. The zero-order chi connectivity index (χ0) is 9.68. The molecular formula is C11H24N2. The number of rotatable bonds is 4. The molecule has 0 spiro atoms. The van der Waals surface area contributed by atoms with E-state index >= 15 is 0 Å². The van der Waals surface area contributed by atoms with Gasteiger partial charge in [-0.1, -0.05) is 13.8 Å². The average molecular weight is 184 g/mol. The van der Waals surface area contributed by atoms with Gasteiger partial charge in [0.1, 0.15) is 0 Å². The third-order valence-electron chi connectivity index (χ3n) is 3.26. The summed E-state index contributed by atoms with van der Waals surface area (Å²) in [6.45, 7) is 10.5. The van der Waals surface area contributed by atoms with Gasteiger partial charge in [0, 0.05) is 18.6 Å². The molecule has 1 heterocycles. The number of hydrogen-bond acceptors (Lipinski definition) is 2. The highest BCUT2D eigenvalue weighted by Gasteiger charge is 2.22.